The van der Waals surface area contributed by atoms with Gasteiger partial charge in [0.15, 0.2) is 0 Å². The molecule has 9 aromatic rings. The van der Waals surface area contributed by atoms with Crippen molar-refractivity contribution < 1.29 is 20.4 Å². The van der Waals surface area contributed by atoms with Gasteiger partial charge in [-0.3, -0.25) is 0 Å². The molecule has 1 nitrogen and oxygen atoms in total. The molecule has 0 spiro atoms. The number of nitrogens with zero attached hydrogens (tertiary/aromatic N) is 1. The maximum absolute atomic E-state index is 7.32. The maximum Gasteiger partial charge on any atom is 0.0587 e. The first kappa shape index (κ1) is 46.5. The molecule has 61 heavy (non-hydrogen) atoms. The van der Waals surface area contributed by atoms with E-state index in [-0.39, 0.29) is 20.4 Å². The van der Waals surface area contributed by atoms with Crippen molar-refractivity contribution in [1.82, 2.24) is 0 Å². The summed E-state index contributed by atoms with van der Waals surface area (Å²) in [6.45, 7) is 1.43. The van der Waals surface area contributed by atoms with Crippen LogP contribution in [0, 0.1) is 11.3 Å². The van der Waals surface area contributed by atoms with Crippen LogP contribution in [0.3, 0.4) is 0 Å². The fraction of sp³-hybridized carbons (Fsp3) is 0.0179. The Hall–Kier alpha value is -5.58. The summed E-state index contributed by atoms with van der Waals surface area (Å²) in [7, 11) is -1.34. The topological polar surface area (TPSA) is 23.8 Å². The molecular formula is C56H48NP3Pd. The molecule has 0 unspecified atom stereocenters. The van der Waals surface area contributed by atoms with Crippen molar-refractivity contribution in [1.29, 1.82) is 5.26 Å². The van der Waals surface area contributed by atoms with E-state index in [1.54, 1.807) is 6.07 Å². The Kier molecular flexibility index (Phi) is 20.3. The molecule has 0 aliphatic heterocycles. The summed E-state index contributed by atoms with van der Waals surface area (Å²) >= 11 is 0. The fourth-order valence-corrected chi connectivity index (χ4v) is 13.5. The molecule has 5 heteroatoms. The van der Waals surface area contributed by atoms with Crippen LogP contribution in [0.1, 0.15) is 6.92 Å². The summed E-state index contributed by atoms with van der Waals surface area (Å²) in [5.41, 5.74) is 0. The number of hydrogen-bond acceptors (Lipinski definition) is 1. The molecule has 0 amide bonds. The van der Waals surface area contributed by atoms with E-state index in [0.717, 1.165) is 0 Å². The molecule has 0 aliphatic carbocycles. The van der Waals surface area contributed by atoms with Crippen LogP contribution in [-0.4, -0.2) is 0 Å². The average Bonchev–Trinajstić information content (AvgIpc) is 3.33. The predicted molar refractivity (Wildman–Crippen MR) is 267 cm³/mol. The number of hydrogen-bond donors (Lipinski definition) is 0. The van der Waals surface area contributed by atoms with Gasteiger partial charge in [-0.05, 0) is 71.5 Å². The van der Waals surface area contributed by atoms with Crippen LogP contribution in [0.4, 0.5) is 0 Å². The molecule has 0 aromatic heterocycles. The molecule has 9 aromatic carbocycles. The van der Waals surface area contributed by atoms with E-state index in [1.807, 2.05) is 0 Å². The maximum atomic E-state index is 7.32. The monoisotopic (exact) mass is 933 g/mol. The average molecular weight is 934 g/mol. The van der Waals surface area contributed by atoms with Gasteiger partial charge in [0, 0.05) is 27.3 Å². The van der Waals surface area contributed by atoms with Crippen LogP contribution >= 0.6 is 23.8 Å². The van der Waals surface area contributed by atoms with E-state index < -0.39 is 23.8 Å². The van der Waals surface area contributed by atoms with Crippen LogP contribution in [0.25, 0.3) is 0 Å². The zero-order valence-corrected chi connectivity index (χ0v) is 38.3. The number of nitriles is 1. The smallest absolute Gasteiger partial charge is 0.0587 e. The first-order valence-corrected chi connectivity index (χ1v) is 24.0. The Balaban J connectivity index is 0.000000166. The van der Waals surface area contributed by atoms with Crippen LogP contribution < -0.4 is 47.7 Å². The molecule has 0 heterocycles. The van der Waals surface area contributed by atoms with Crippen molar-refractivity contribution in [3.63, 3.8) is 0 Å². The van der Waals surface area contributed by atoms with Crippen LogP contribution in [0.15, 0.2) is 273 Å². The molecular weight excluding hydrogens is 886 g/mol. The molecule has 0 saturated carbocycles. The fourth-order valence-electron chi connectivity index (χ4n) is 6.54. The minimum atomic E-state index is -0.446. The summed E-state index contributed by atoms with van der Waals surface area (Å²) in [4.78, 5) is 0. The van der Waals surface area contributed by atoms with E-state index >= 15 is 0 Å². The van der Waals surface area contributed by atoms with Gasteiger partial charge in [-0.25, -0.2) is 0 Å². The van der Waals surface area contributed by atoms with E-state index in [1.165, 1.54) is 54.7 Å². The van der Waals surface area contributed by atoms with E-state index in [4.69, 9.17) is 5.26 Å². The Bertz CT molecular complexity index is 1970. The molecule has 9 rings (SSSR count). The first-order chi connectivity index (χ1) is 29.8. The first-order valence-electron chi connectivity index (χ1n) is 19.9. The van der Waals surface area contributed by atoms with Crippen LogP contribution in [-0.2, 0) is 20.4 Å². The summed E-state index contributed by atoms with van der Waals surface area (Å²) in [5.74, 6) is 0. The summed E-state index contributed by atoms with van der Waals surface area (Å²) < 4.78 is 0. The van der Waals surface area contributed by atoms with Crippen molar-refractivity contribution in [2.45, 2.75) is 6.92 Å². The number of rotatable bonds is 9. The van der Waals surface area contributed by atoms with Crippen LogP contribution in [0.5, 0.6) is 0 Å². The third-order valence-corrected chi connectivity index (χ3v) is 16.5. The summed E-state index contributed by atoms with van der Waals surface area (Å²) in [6, 6.07) is 98.7. The van der Waals surface area contributed by atoms with E-state index in [0.29, 0.717) is 0 Å². The van der Waals surface area contributed by atoms with Crippen molar-refractivity contribution in [3.8, 4) is 6.07 Å². The Labute approximate surface area is 380 Å². The molecule has 0 N–H and O–H groups in total. The Morgan fingerprint density at radius 1 is 0.230 bits per heavy atom. The quantitative estimate of drug-likeness (QED) is 0.105. The van der Waals surface area contributed by atoms with E-state index in [2.05, 4.69) is 273 Å². The second kappa shape index (κ2) is 26.6. The van der Waals surface area contributed by atoms with Crippen molar-refractivity contribution in [3.05, 3.63) is 273 Å². The van der Waals surface area contributed by atoms with Crippen molar-refractivity contribution in [2.24, 2.45) is 0 Å². The molecule has 0 radical (unpaired) electrons. The second-order valence-electron chi connectivity index (χ2n) is 13.2. The standard InChI is InChI=1S/3C18H15P.C2H3N.Pd/c3*1-4-10-16(11-5-1)19(17-12-6-2-7-13-17)18-14-8-3-9-15-18;1-2-3;/h3*1-15H;1H3;. The van der Waals surface area contributed by atoms with Gasteiger partial charge >= 0.3 is 0 Å². The minimum absolute atomic E-state index is 0. The van der Waals surface area contributed by atoms with E-state index in [9.17, 15) is 0 Å². The zero-order valence-electron chi connectivity index (χ0n) is 34.1. The van der Waals surface area contributed by atoms with Gasteiger partial charge in [0.2, 0.25) is 0 Å². The molecule has 0 atom stereocenters. The minimum Gasteiger partial charge on any atom is -0.199 e. The van der Waals surface area contributed by atoms with Crippen molar-refractivity contribution >= 4 is 71.5 Å². The largest absolute Gasteiger partial charge is 0.199 e. The van der Waals surface area contributed by atoms with Gasteiger partial charge in [0.05, 0.1) is 6.07 Å². The third-order valence-electron chi connectivity index (χ3n) is 9.13. The SMILES string of the molecule is CC#N.[Pd].c1ccc(P(c2ccccc2)c2ccccc2)cc1.c1ccc(P(c2ccccc2)c2ccccc2)cc1.c1ccc(P(c2ccccc2)c2ccccc2)cc1. The van der Waals surface area contributed by atoms with Gasteiger partial charge in [-0.1, -0.05) is 273 Å². The molecule has 302 valence electrons. The Morgan fingerprint density at radius 3 is 0.393 bits per heavy atom. The van der Waals surface area contributed by atoms with Gasteiger partial charge in [-0.2, -0.15) is 5.26 Å². The van der Waals surface area contributed by atoms with Gasteiger partial charge < -0.3 is 0 Å². The molecule has 0 aliphatic rings. The third kappa shape index (κ3) is 14.3. The van der Waals surface area contributed by atoms with Crippen molar-refractivity contribution in [2.75, 3.05) is 0 Å². The van der Waals surface area contributed by atoms with Crippen LogP contribution in [0.2, 0.25) is 0 Å². The van der Waals surface area contributed by atoms with Gasteiger partial charge in [0.1, 0.15) is 0 Å². The van der Waals surface area contributed by atoms with Gasteiger partial charge in [0.25, 0.3) is 0 Å². The Morgan fingerprint density at radius 2 is 0.311 bits per heavy atom. The molecule has 0 bridgehead atoms. The molecule has 0 fully saturated rings. The zero-order chi connectivity index (χ0) is 41.5. The summed E-state index contributed by atoms with van der Waals surface area (Å²) in [6.07, 6.45) is 0. The summed E-state index contributed by atoms with van der Waals surface area (Å²) in [5, 5.41) is 19.9. The second-order valence-corrected chi connectivity index (χ2v) is 19.9. The number of benzene rings is 9. The molecule has 0 saturated heterocycles. The predicted octanol–water partition coefficient (Wildman–Crippen LogP) is 10.9. The van der Waals surface area contributed by atoms with Gasteiger partial charge in [-0.15, -0.1) is 0 Å². The normalized spacial score (nSPS) is 10.0.